The highest BCUT2D eigenvalue weighted by Crippen LogP contribution is 1.98. The van der Waals surface area contributed by atoms with Crippen molar-refractivity contribution in [3.63, 3.8) is 0 Å². The summed E-state index contributed by atoms with van der Waals surface area (Å²) in [6.07, 6.45) is 0.646. The Labute approximate surface area is 109 Å². The molecule has 0 radical (unpaired) electrons. The highest BCUT2D eigenvalue weighted by atomic mass is 16.5. The van der Waals surface area contributed by atoms with Gasteiger partial charge in [0.05, 0.1) is 25.7 Å². The minimum Gasteiger partial charge on any atom is -0.466 e. The molecule has 106 valence electrons. The molecule has 19 heavy (non-hydrogen) atoms. The summed E-state index contributed by atoms with van der Waals surface area (Å²) >= 11 is 0. The van der Waals surface area contributed by atoms with E-state index in [9.17, 15) is 19.5 Å². The normalized spacial score (nSPS) is 12.2. The molecule has 7 heteroatoms. The van der Waals surface area contributed by atoms with Crippen molar-refractivity contribution in [1.29, 1.82) is 0 Å². The van der Waals surface area contributed by atoms with Crippen molar-refractivity contribution in [2.24, 2.45) is 0 Å². The molecule has 0 aliphatic heterocycles. The third-order valence-electron chi connectivity index (χ3n) is 2.58. The molecule has 1 atom stereocenters. The zero-order valence-electron chi connectivity index (χ0n) is 11.0. The van der Waals surface area contributed by atoms with Crippen LogP contribution < -0.4 is 11.2 Å². The van der Waals surface area contributed by atoms with Gasteiger partial charge in [0.15, 0.2) is 0 Å². The molecule has 1 aromatic heterocycles. The SMILES string of the molecule is CCOC(=O)CC(O)Cn1cc(CC)c(=O)[nH]c1=O. The molecule has 2 N–H and O–H groups in total. The van der Waals surface area contributed by atoms with Crippen LogP contribution in [0.25, 0.3) is 0 Å². The fourth-order valence-corrected chi connectivity index (χ4v) is 1.65. The molecular weight excluding hydrogens is 252 g/mol. The average Bonchev–Trinajstić information content (AvgIpc) is 2.32. The number of hydrogen-bond donors (Lipinski definition) is 2. The van der Waals surface area contributed by atoms with Gasteiger partial charge in [-0.1, -0.05) is 6.92 Å². The third-order valence-corrected chi connectivity index (χ3v) is 2.58. The zero-order valence-corrected chi connectivity index (χ0v) is 11.0. The number of H-pyrrole nitrogens is 1. The molecule has 0 aliphatic rings. The monoisotopic (exact) mass is 270 g/mol. The molecule has 7 nitrogen and oxygen atoms in total. The molecule has 0 aromatic carbocycles. The first kappa shape index (κ1) is 15.2. The number of aliphatic hydroxyl groups excluding tert-OH is 1. The lowest BCUT2D eigenvalue weighted by Gasteiger charge is -2.12. The van der Waals surface area contributed by atoms with E-state index in [1.165, 1.54) is 10.8 Å². The lowest BCUT2D eigenvalue weighted by Crippen LogP contribution is -2.35. The van der Waals surface area contributed by atoms with E-state index in [-0.39, 0.29) is 19.6 Å². The lowest BCUT2D eigenvalue weighted by molar-refractivity contribution is -0.145. The van der Waals surface area contributed by atoms with E-state index in [2.05, 4.69) is 4.98 Å². The number of hydrogen-bond acceptors (Lipinski definition) is 5. The van der Waals surface area contributed by atoms with Gasteiger partial charge in [0.25, 0.3) is 5.56 Å². The summed E-state index contributed by atoms with van der Waals surface area (Å²) in [7, 11) is 0. The number of aromatic nitrogens is 2. The number of rotatable bonds is 6. The van der Waals surface area contributed by atoms with E-state index < -0.39 is 23.3 Å². The molecule has 0 saturated carbocycles. The Kier molecular flexibility index (Phi) is 5.50. The van der Waals surface area contributed by atoms with E-state index in [1.54, 1.807) is 13.8 Å². The molecular formula is C12H18N2O5. The van der Waals surface area contributed by atoms with Crippen molar-refractivity contribution in [3.8, 4) is 0 Å². The largest absolute Gasteiger partial charge is 0.466 e. The lowest BCUT2D eigenvalue weighted by atomic mass is 10.2. The van der Waals surface area contributed by atoms with E-state index in [1.807, 2.05) is 0 Å². The van der Waals surface area contributed by atoms with Gasteiger partial charge in [-0.15, -0.1) is 0 Å². The minimum atomic E-state index is -1.03. The third kappa shape index (κ3) is 4.36. The Morgan fingerprint density at radius 2 is 2.16 bits per heavy atom. The van der Waals surface area contributed by atoms with Crippen molar-refractivity contribution < 1.29 is 14.6 Å². The van der Waals surface area contributed by atoms with Crippen molar-refractivity contribution >= 4 is 5.97 Å². The van der Waals surface area contributed by atoms with Crippen LogP contribution in [0.2, 0.25) is 0 Å². The molecule has 0 amide bonds. The molecule has 0 saturated heterocycles. The molecule has 0 fully saturated rings. The summed E-state index contributed by atoms with van der Waals surface area (Å²) in [6.45, 7) is 3.63. The minimum absolute atomic E-state index is 0.0680. The van der Waals surface area contributed by atoms with Crippen LogP contribution in [-0.2, 0) is 22.5 Å². The summed E-state index contributed by atoms with van der Waals surface area (Å²) in [5.41, 5.74) is -0.586. The second-order valence-electron chi connectivity index (χ2n) is 4.08. The van der Waals surface area contributed by atoms with Crippen LogP contribution in [0.4, 0.5) is 0 Å². The Morgan fingerprint density at radius 1 is 1.47 bits per heavy atom. The van der Waals surface area contributed by atoms with Crippen LogP contribution in [0, 0.1) is 0 Å². The van der Waals surface area contributed by atoms with Crippen LogP contribution in [-0.4, -0.2) is 33.3 Å². The van der Waals surface area contributed by atoms with Gasteiger partial charge in [0.1, 0.15) is 0 Å². The number of aryl methyl sites for hydroxylation is 1. The van der Waals surface area contributed by atoms with Gasteiger partial charge in [0.2, 0.25) is 0 Å². The van der Waals surface area contributed by atoms with E-state index in [0.717, 1.165) is 0 Å². The maximum Gasteiger partial charge on any atom is 0.328 e. The summed E-state index contributed by atoms with van der Waals surface area (Å²) in [4.78, 5) is 36.2. The number of carbonyl (C=O) groups is 1. The fourth-order valence-electron chi connectivity index (χ4n) is 1.65. The zero-order chi connectivity index (χ0) is 14.4. The summed E-state index contributed by atoms with van der Waals surface area (Å²) in [5, 5.41) is 9.70. The number of nitrogens with zero attached hydrogens (tertiary/aromatic N) is 1. The first-order valence-electron chi connectivity index (χ1n) is 6.14. The first-order chi connectivity index (χ1) is 8.97. The van der Waals surface area contributed by atoms with Gasteiger partial charge < -0.3 is 9.84 Å². The van der Waals surface area contributed by atoms with Crippen molar-refractivity contribution in [2.45, 2.75) is 39.3 Å². The van der Waals surface area contributed by atoms with Crippen LogP contribution in [0.3, 0.4) is 0 Å². The molecule has 1 unspecified atom stereocenters. The Morgan fingerprint density at radius 3 is 2.74 bits per heavy atom. The Balaban J connectivity index is 2.79. The average molecular weight is 270 g/mol. The smallest absolute Gasteiger partial charge is 0.328 e. The molecule has 1 rings (SSSR count). The Hall–Kier alpha value is -1.89. The van der Waals surface area contributed by atoms with Gasteiger partial charge in [-0.3, -0.25) is 19.1 Å². The van der Waals surface area contributed by atoms with Crippen LogP contribution in [0.5, 0.6) is 0 Å². The first-order valence-corrected chi connectivity index (χ1v) is 6.14. The molecule has 0 bridgehead atoms. The van der Waals surface area contributed by atoms with Gasteiger partial charge in [-0.25, -0.2) is 4.79 Å². The quantitative estimate of drug-likeness (QED) is 0.673. The topological polar surface area (TPSA) is 101 Å². The summed E-state index contributed by atoms with van der Waals surface area (Å²) in [6, 6.07) is 0. The van der Waals surface area contributed by atoms with Crippen LogP contribution in [0.1, 0.15) is 25.8 Å². The summed E-state index contributed by atoms with van der Waals surface area (Å²) < 4.78 is 5.89. The molecule has 1 aromatic rings. The number of aliphatic hydroxyl groups is 1. The standard InChI is InChI=1S/C12H18N2O5/c1-3-8-6-14(12(18)13-11(8)17)7-9(15)5-10(16)19-4-2/h6,9,15H,3-5,7H2,1-2H3,(H,13,17,18). The molecule has 1 heterocycles. The number of aromatic amines is 1. The number of esters is 1. The van der Waals surface area contributed by atoms with E-state index >= 15 is 0 Å². The van der Waals surface area contributed by atoms with Crippen LogP contribution >= 0.6 is 0 Å². The number of ether oxygens (including phenoxy) is 1. The number of carbonyl (C=O) groups excluding carboxylic acids is 1. The van der Waals surface area contributed by atoms with Crippen molar-refractivity contribution in [3.05, 3.63) is 32.6 Å². The van der Waals surface area contributed by atoms with E-state index in [4.69, 9.17) is 4.74 Å². The van der Waals surface area contributed by atoms with Gasteiger partial charge in [-0.05, 0) is 13.3 Å². The maximum atomic E-state index is 11.5. The maximum absolute atomic E-state index is 11.5. The highest BCUT2D eigenvalue weighted by molar-refractivity contribution is 5.69. The second kappa shape index (κ2) is 6.89. The Bertz CT molecular complexity index is 546. The summed E-state index contributed by atoms with van der Waals surface area (Å²) in [5.74, 6) is -0.525. The van der Waals surface area contributed by atoms with Gasteiger partial charge >= 0.3 is 11.7 Å². The van der Waals surface area contributed by atoms with E-state index in [0.29, 0.717) is 12.0 Å². The van der Waals surface area contributed by atoms with Crippen molar-refractivity contribution in [1.82, 2.24) is 9.55 Å². The second-order valence-corrected chi connectivity index (χ2v) is 4.08. The van der Waals surface area contributed by atoms with Crippen molar-refractivity contribution in [2.75, 3.05) is 6.61 Å². The fraction of sp³-hybridized carbons (Fsp3) is 0.583. The van der Waals surface area contributed by atoms with Gasteiger partial charge in [-0.2, -0.15) is 0 Å². The predicted molar refractivity (Wildman–Crippen MR) is 68.0 cm³/mol. The number of nitrogens with one attached hydrogen (secondary N) is 1. The molecule has 0 aliphatic carbocycles. The van der Waals surface area contributed by atoms with Gasteiger partial charge in [0, 0.05) is 11.8 Å². The predicted octanol–water partition coefficient (Wildman–Crippen LogP) is -0.587. The highest BCUT2D eigenvalue weighted by Gasteiger charge is 2.13. The van der Waals surface area contributed by atoms with Crippen LogP contribution in [0.15, 0.2) is 15.8 Å². The molecule has 0 spiro atoms.